The van der Waals surface area contributed by atoms with Gasteiger partial charge in [-0.1, -0.05) is 60.5 Å². The van der Waals surface area contributed by atoms with Crippen LogP contribution in [-0.2, 0) is 11.1 Å². The molecule has 2 unspecified atom stereocenters. The largest absolute Gasteiger partial charge is 0.772 e. The molecule has 1 rings (SSSR count). The summed E-state index contributed by atoms with van der Waals surface area (Å²) in [4.78, 5) is 0. The Labute approximate surface area is 93.3 Å². The van der Waals surface area contributed by atoms with Crippen molar-refractivity contribution in [3.8, 4) is 0 Å². The second-order valence-corrected chi connectivity index (χ2v) is 4.26. The number of hydrogen-bond acceptors (Lipinski definition) is 2. The molecule has 0 aliphatic carbocycles. The van der Waals surface area contributed by atoms with Gasteiger partial charge in [0.15, 0.2) is 0 Å². The number of hydrogen-bond donors (Lipinski definition) is 0. The van der Waals surface area contributed by atoms with Crippen LogP contribution in [0.1, 0.15) is 24.8 Å². The first-order chi connectivity index (χ1) is 7.24. The highest BCUT2D eigenvalue weighted by molar-refractivity contribution is 7.79. The van der Waals surface area contributed by atoms with E-state index in [2.05, 4.69) is 0 Å². The summed E-state index contributed by atoms with van der Waals surface area (Å²) in [7, 11) is 0. The predicted octanol–water partition coefficient (Wildman–Crippen LogP) is 2.62. The molecular formula is C12H15O2S-. The summed E-state index contributed by atoms with van der Waals surface area (Å²) >= 11 is -2.00. The van der Waals surface area contributed by atoms with Gasteiger partial charge in [-0.3, -0.25) is 4.21 Å². The van der Waals surface area contributed by atoms with Crippen molar-refractivity contribution >= 4 is 11.1 Å². The van der Waals surface area contributed by atoms with E-state index in [1.807, 2.05) is 49.4 Å². The highest BCUT2D eigenvalue weighted by Gasteiger charge is 2.06. The molecule has 0 heterocycles. The van der Waals surface area contributed by atoms with Crippen molar-refractivity contribution in [3.63, 3.8) is 0 Å². The maximum absolute atomic E-state index is 10.7. The normalized spacial score (nSPS) is 15.3. The van der Waals surface area contributed by atoms with Gasteiger partial charge in [-0.05, 0) is 12.0 Å². The molecule has 2 atom stereocenters. The van der Waals surface area contributed by atoms with Crippen LogP contribution in [-0.4, -0.2) is 14.5 Å². The Morgan fingerprint density at radius 1 is 1.40 bits per heavy atom. The van der Waals surface area contributed by atoms with Crippen molar-refractivity contribution in [3.05, 3.63) is 48.0 Å². The summed E-state index contributed by atoms with van der Waals surface area (Å²) in [6, 6.07) is 9.69. The molecule has 82 valence electrons. The van der Waals surface area contributed by atoms with Gasteiger partial charge in [-0.25, -0.2) is 0 Å². The summed E-state index contributed by atoms with van der Waals surface area (Å²) in [5.41, 5.74) is 1.05. The molecular weight excluding hydrogens is 208 g/mol. The van der Waals surface area contributed by atoms with Crippen LogP contribution in [0.2, 0.25) is 0 Å². The summed E-state index contributed by atoms with van der Waals surface area (Å²) in [5, 5.41) is 0. The third-order valence-corrected chi connectivity index (χ3v) is 2.78. The van der Waals surface area contributed by atoms with Gasteiger partial charge in [0.05, 0.1) is 0 Å². The van der Waals surface area contributed by atoms with E-state index < -0.39 is 11.1 Å². The van der Waals surface area contributed by atoms with Gasteiger partial charge in [-0.2, -0.15) is 0 Å². The summed E-state index contributed by atoms with van der Waals surface area (Å²) in [6.45, 7) is 2.03. The fraction of sp³-hybridized carbons (Fsp3) is 0.333. The first-order valence-corrected chi connectivity index (χ1v) is 6.26. The van der Waals surface area contributed by atoms with Crippen LogP contribution in [0.25, 0.3) is 0 Å². The van der Waals surface area contributed by atoms with Gasteiger partial charge >= 0.3 is 0 Å². The maximum atomic E-state index is 10.7. The third kappa shape index (κ3) is 4.40. The van der Waals surface area contributed by atoms with Crippen LogP contribution in [0.3, 0.4) is 0 Å². The van der Waals surface area contributed by atoms with Crippen LogP contribution in [0, 0.1) is 0 Å². The van der Waals surface area contributed by atoms with E-state index in [0.29, 0.717) is 0 Å². The molecule has 0 amide bonds. The number of allylic oxidation sites excluding steroid dienone is 2. The van der Waals surface area contributed by atoms with Crippen LogP contribution in [0.5, 0.6) is 0 Å². The molecule has 0 radical (unpaired) electrons. The zero-order valence-electron chi connectivity index (χ0n) is 8.76. The van der Waals surface area contributed by atoms with Crippen molar-refractivity contribution in [2.24, 2.45) is 0 Å². The van der Waals surface area contributed by atoms with E-state index in [1.54, 1.807) is 0 Å². The topological polar surface area (TPSA) is 40.1 Å². The highest BCUT2D eigenvalue weighted by atomic mass is 32.2. The maximum Gasteiger partial charge on any atom is 0.0205 e. The number of benzene rings is 1. The second-order valence-electron chi connectivity index (χ2n) is 3.32. The van der Waals surface area contributed by atoms with E-state index in [0.717, 1.165) is 12.0 Å². The van der Waals surface area contributed by atoms with Gasteiger partial charge in [0, 0.05) is 11.7 Å². The molecule has 0 aromatic heterocycles. The summed E-state index contributed by atoms with van der Waals surface area (Å²) in [6.07, 6.45) is 4.89. The summed E-state index contributed by atoms with van der Waals surface area (Å²) < 4.78 is 21.4. The zero-order valence-corrected chi connectivity index (χ0v) is 9.57. The first kappa shape index (κ1) is 12.1. The van der Waals surface area contributed by atoms with Crippen molar-refractivity contribution in [2.45, 2.75) is 19.3 Å². The van der Waals surface area contributed by atoms with Crippen molar-refractivity contribution in [1.82, 2.24) is 0 Å². The minimum atomic E-state index is -2.00. The molecule has 0 fully saturated rings. The van der Waals surface area contributed by atoms with Crippen LogP contribution < -0.4 is 0 Å². The Kier molecular flexibility index (Phi) is 5.29. The molecule has 0 spiro atoms. The average Bonchev–Trinajstić information content (AvgIpc) is 2.25. The molecule has 0 aliphatic heterocycles. The Hall–Kier alpha value is -0.930. The smallest absolute Gasteiger partial charge is 0.0205 e. The van der Waals surface area contributed by atoms with E-state index in [1.165, 1.54) is 0 Å². The van der Waals surface area contributed by atoms with Crippen molar-refractivity contribution < 1.29 is 8.76 Å². The predicted molar refractivity (Wildman–Crippen MR) is 62.4 cm³/mol. The molecule has 0 N–H and O–H groups in total. The lowest BCUT2D eigenvalue weighted by Gasteiger charge is -2.14. The van der Waals surface area contributed by atoms with Crippen LogP contribution >= 0.6 is 0 Å². The monoisotopic (exact) mass is 223 g/mol. The Morgan fingerprint density at radius 2 is 2.07 bits per heavy atom. The Bertz CT molecular complexity index is 333. The SMILES string of the molecule is CCC=CC(CS(=O)[O-])c1ccccc1. The molecule has 0 saturated carbocycles. The minimum absolute atomic E-state index is 0.0236. The van der Waals surface area contributed by atoms with E-state index >= 15 is 0 Å². The van der Waals surface area contributed by atoms with E-state index in [-0.39, 0.29) is 11.7 Å². The number of rotatable bonds is 5. The Balaban J connectivity index is 2.81. The Morgan fingerprint density at radius 3 is 2.60 bits per heavy atom. The molecule has 3 heteroatoms. The summed E-state index contributed by atoms with van der Waals surface area (Å²) in [5.74, 6) is 0.130. The molecule has 1 aromatic carbocycles. The highest BCUT2D eigenvalue weighted by Crippen LogP contribution is 2.18. The third-order valence-electron chi connectivity index (χ3n) is 2.15. The van der Waals surface area contributed by atoms with Crippen LogP contribution in [0.4, 0.5) is 0 Å². The van der Waals surface area contributed by atoms with Gasteiger partial charge in [-0.15, -0.1) is 0 Å². The lowest BCUT2D eigenvalue weighted by molar-refractivity contribution is 0.534. The molecule has 0 bridgehead atoms. The van der Waals surface area contributed by atoms with Gasteiger partial charge < -0.3 is 4.55 Å². The van der Waals surface area contributed by atoms with Gasteiger partial charge in [0.2, 0.25) is 0 Å². The second kappa shape index (κ2) is 6.53. The fourth-order valence-electron chi connectivity index (χ4n) is 1.41. The first-order valence-electron chi connectivity index (χ1n) is 5.01. The van der Waals surface area contributed by atoms with Gasteiger partial charge in [0.1, 0.15) is 0 Å². The lowest BCUT2D eigenvalue weighted by Crippen LogP contribution is -2.06. The molecule has 2 nitrogen and oxygen atoms in total. The minimum Gasteiger partial charge on any atom is -0.772 e. The van der Waals surface area contributed by atoms with Gasteiger partial charge in [0.25, 0.3) is 0 Å². The van der Waals surface area contributed by atoms with Crippen LogP contribution in [0.15, 0.2) is 42.5 Å². The van der Waals surface area contributed by atoms with E-state index in [4.69, 9.17) is 0 Å². The van der Waals surface area contributed by atoms with Crippen molar-refractivity contribution in [1.29, 1.82) is 0 Å². The standard InChI is InChI=1S/C12H16O2S/c1-2-3-7-12(10-15(13)14)11-8-5-4-6-9-11/h3-9,12H,2,10H2,1H3,(H,13,14)/p-1. The zero-order chi connectivity index (χ0) is 11.1. The quantitative estimate of drug-likeness (QED) is 0.568. The average molecular weight is 223 g/mol. The molecule has 0 aliphatic rings. The fourth-order valence-corrected chi connectivity index (χ4v) is 2.01. The molecule has 1 aromatic rings. The van der Waals surface area contributed by atoms with Crippen molar-refractivity contribution in [2.75, 3.05) is 5.75 Å². The molecule has 0 saturated heterocycles. The molecule has 15 heavy (non-hydrogen) atoms. The van der Waals surface area contributed by atoms with E-state index in [9.17, 15) is 8.76 Å². The lowest BCUT2D eigenvalue weighted by atomic mass is 10.0.